The van der Waals surface area contributed by atoms with Crippen LogP contribution in [0.25, 0.3) is 5.65 Å². The SMILES string of the molecule is CCC(O)c1c(Cc2ccc(OC)cc2)nc2c(C)cccn12. The first kappa shape index (κ1) is 15.6. The predicted molar refractivity (Wildman–Crippen MR) is 91.0 cm³/mol. The first-order valence-electron chi connectivity index (χ1n) is 7.91. The molecule has 1 N–H and O–H groups in total. The summed E-state index contributed by atoms with van der Waals surface area (Å²) in [6, 6.07) is 12.0. The van der Waals surface area contributed by atoms with Crippen LogP contribution < -0.4 is 4.74 Å². The van der Waals surface area contributed by atoms with E-state index in [9.17, 15) is 5.11 Å². The summed E-state index contributed by atoms with van der Waals surface area (Å²) in [7, 11) is 1.66. The minimum atomic E-state index is -0.514. The van der Waals surface area contributed by atoms with Crippen LogP contribution in [0.1, 0.15) is 42.0 Å². The van der Waals surface area contributed by atoms with Crippen molar-refractivity contribution >= 4 is 5.65 Å². The van der Waals surface area contributed by atoms with E-state index >= 15 is 0 Å². The van der Waals surface area contributed by atoms with Gasteiger partial charge in [-0.05, 0) is 42.7 Å². The van der Waals surface area contributed by atoms with Gasteiger partial charge in [-0.1, -0.05) is 25.1 Å². The topological polar surface area (TPSA) is 46.8 Å². The molecule has 2 aromatic heterocycles. The number of benzene rings is 1. The van der Waals surface area contributed by atoms with Crippen LogP contribution in [0.2, 0.25) is 0 Å². The van der Waals surface area contributed by atoms with Gasteiger partial charge in [0.05, 0.1) is 24.6 Å². The molecule has 1 unspecified atom stereocenters. The van der Waals surface area contributed by atoms with Crippen molar-refractivity contribution in [3.8, 4) is 5.75 Å². The Morgan fingerprint density at radius 1 is 1.22 bits per heavy atom. The van der Waals surface area contributed by atoms with Crippen molar-refractivity contribution in [2.75, 3.05) is 7.11 Å². The van der Waals surface area contributed by atoms with Crippen LogP contribution in [-0.4, -0.2) is 21.6 Å². The van der Waals surface area contributed by atoms with Gasteiger partial charge in [0.25, 0.3) is 0 Å². The normalized spacial score (nSPS) is 12.5. The van der Waals surface area contributed by atoms with Crippen molar-refractivity contribution < 1.29 is 9.84 Å². The molecule has 0 saturated carbocycles. The van der Waals surface area contributed by atoms with Gasteiger partial charge in [0.1, 0.15) is 11.4 Å². The summed E-state index contributed by atoms with van der Waals surface area (Å²) in [5, 5.41) is 10.5. The van der Waals surface area contributed by atoms with E-state index in [1.54, 1.807) is 7.11 Å². The number of aryl methyl sites for hydroxylation is 1. The molecule has 0 amide bonds. The van der Waals surface area contributed by atoms with Gasteiger partial charge >= 0.3 is 0 Å². The minimum absolute atomic E-state index is 0.514. The number of methoxy groups -OCH3 is 1. The molecule has 0 bridgehead atoms. The van der Waals surface area contributed by atoms with Gasteiger partial charge in [0.2, 0.25) is 0 Å². The average molecular weight is 310 g/mol. The molecule has 4 nitrogen and oxygen atoms in total. The number of hydrogen-bond acceptors (Lipinski definition) is 3. The average Bonchev–Trinajstić information content (AvgIpc) is 2.94. The molecule has 0 aliphatic heterocycles. The van der Waals surface area contributed by atoms with Gasteiger partial charge in [-0.25, -0.2) is 4.98 Å². The molecule has 0 aliphatic rings. The van der Waals surface area contributed by atoms with Crippen LogP contribution in [-0.2, 0) is 6.42 Å². The number of hydrogen-bond donors (Lipinski definition) is 1. The van der Waals surface area contributed by atoms with Crippen LogP contribution in [0, 0.1) is 6.92 Å². The van der Waals surface area contributed by atoms with Crippen LogP contribution in [0.4, 0.5) is 0 Å². The third-order valence-corrected chi connectivity index (χ3v) is 4.19. The fraction of sp³-hybridized carbons (Fsp3) is 0.316. The molecule has 3 rings (SSSR count). The minimum Gasteiger partial charge on any atom is -0.497 e. The Balaban J connectivity index is 2.06. The maximum Gasteiger partial charge on any atom is 0.140 e. The second-order valence-corrected chi connectivity index (χ2v) is 5.78. The smallest absolute Gasteiger partial charge is 0.140 e. The molecule has 120 valence electrons. The van der Waals surface area contributed by atoms with Crippen molar-refractivity contribution in [3.05, 3.63) is 65.1 Å². The molecule has 23 heavy (non-hydrogen) atoms. The first-order valence-corrected chi connectivity index (χ1v) is 7.91. The number of pyridine rings is 1. The molecule has 3 aromatic rings. The van der Waals surface area contributed by atoms with Crippen LogP contribution >= 0.6 is 0 Å². The summed E-state index contributed by atoms with van der Waals surface area (Å²) in [5.41, 5.74) is 4.99. The Morgan fingerprint density at radius 3 is 2.61 bits per heavy atom. The van der Waals surface area contributed by atoms with Crippen molar-refractivity contribution in [1.29, 1.82) is 0 Å². The van der Waals surface area contributed by atoms with Crippen molar-refractivity contribution in [2.24, 2.45) is 0 Å². The number of aliphatic hydroxyl groups excluding tert-OH is 1. The van der Waals surface area contributed by atoms with E-state index in [1.165, 1.54) is 0 Å². The van der Waals surface area contributed by atoms with Crippen molar-refractivity contribution in [1.82, 2.24) is 9.38 Å². The summed E-state index contributed by atoms with van der Waals surface area (Å²) in [6.07, 6.45) is 2.82. The summed E-state index contributed by atoms with van der Waals surface area (Å²) in [4.78, 5) is 4.79. The molecule has 0 radical (unpaired) electrons. The second kappa shape index (κ2) is 6.42. The molecule has 0 saturated heterocycles. The Hall–Kier alpha value is -2.33. The lowest BCUT2D eigenvalue weighted by Crippen LogP contribution is -2.04. The highest BCUT2D eigenvalue weighted by Gasteiger charge is 2.19. The third kappa shape index (κ3) is 2.94. The fourth-order valence-electron chi connectivity index (χ4n) is 2.88. The lowest BCUT2D eigenvalue weighted by Gasteiger charge is -2.11. The quantitative estimate of drug-likeness (QED) is 0.782. The summed E-state index contributed by atoms with van der Waals surface area (Å²) in [5.74, 6) is 0.841. The highest BCUT2D eigenvalue weighted by atomic mass is 16.5. The number of ether oxygens (including phenoxy) is 1. The highest BCUT2D eigenvalue weighted by Crippen LogP contribution is 2.26. The highest BCUT2D eigenvalue weighted by molar-refractivity contribution is 5.51. The van der Waals surface area contributed by atoms with Gasteiger partial charge < -0.3 is 14.2 Å². The maximum absolute atomic E-state index is 10.5. The Labute approximate surface area is 136 Å². The molecule has 1 aromatic carbocycles. The number of aromatic nitrogens is 2. The number of aliphatic hydroxyl groups is 1. The van der Waals surface area contributed by atoms with Crippen LogP contribution in [0.3, 0.4) is 0 Å². The zero-order valence-electron chi connectivity index (χ0n) is 13.8. The molecule has 4 heteroatoms. The summed E-state index contributed by atoms with van der Waals surface area (Å²) >= 11 is 0. The lowest BCUT2D eigenvalue weighted by molar-refractivity contribution is 0.167. The Kier molecular flexibility index (Phi) is 4.35. The monoisotopic (exact) mass is 310 g/mol. The molecule has 0 spiro atoms. The molecule has 2 heterocycles. The molecule has 0 fully saturated rings. The summed E-state index contributed by atoms with van der Waals surface area (Å²) in [6.45, 7) is 4.03. The van der Waals surface area contributed by atoms with Crippen LogP contribution in [0.5, 0.6) is 5.75 Å². The number of fused-ring (bicyclic) bond motifs is 1. The zero-order chi connectivity index (χ0) is 16.4. The van der Waals surface area contributed by atoms with Gasteiger partial charge in [-0.2, -0.15) is 0 Å². The van der Waals surface area contributed by atoms with Crippen LogP contribution in [0.15, 0.2) is 42.6 Å². The first-order chi connectivity index (χ1) is 11.1. The third-order valence-electron chi connectivity index (χ3n) is 4.19. The van der Waals surface area contributed by atoms with E-state index in [0.717, 1.165) is 33.9 Å². The van der Waals surface area contributed by atoms with E-state index in [0.29, 0.717) is 12.8 Å². The zero-order valence-corrected chi connectivity index (χ0v) is 13.8. The predicted octanol–water partition coefficient (Wildman–Crippen LogP) is 3.69. The molecule has 0 aliphatic carbocycles. The Morgan fingerprint density at radius 2 is 1.96 bits per heavy atom. The molecule has 1 atom stereocenters. The second-order valence-electron chi connectivity index (χ2n) is 5.78. The molecular formula is C19H22N2O2. The maximum atomic E-state index is 10.5. The standard InChI is InChI=1S/C19H22N2O2/c1-4-17(22)18-16(12-14-7-9-15(23-3)10-8-14)20-19-13(2)6-5-11-21(18)19/h5-11,17,22H,4,12H2,1-3H3. The van der Waals surface area contributed by atoms with Gasteiger partial charge in [0, 0.05) is 12.6 Å². The number of rotatable bonds is 5. The van der Waals surface area contributed by atoms with Gasteiger partial charge in [-0.15, -0.1) is 0 Å². The van der Waals surface area contributed by atoms with E-state index < -0.39 is 6.10 Å². The molecular weight excluding hydrogens is 288 g/mol. The van der Waals surface area contributed by atoms with Gasteiger partial charge in [-0.3, -0.25) is 0 Å². The van der Waals surface area contributed by atoms with Gasteiger partial charge in [0.15, 0.2) is 0 Å². The lowest BCUT2D eigenvalue weighted by atomic mass is 10.1. The van der Waals surface area contributed by atoms with E-state index in [-0.39, 0.29) is 0 Å². The largest absolute Gasteiger partial charge is 0.497 e. The fourth-order valence-corrected chi connectivity index (χ4v) is 2.88. The van der Waals surface area contributed by atoms with Crippen molar-refractivity contribution in [3.63, 3.8) is 0 Å². The summed E-state index contributed by atoms with van der Waals surface area (Å²) < 4.78 is 7.22. The van der Waals surface area contributed by atoms with Crippen molar-refractivity contribution in [2.45, 2.75) is 32.8 Å². The van der Waals surface area contributed by atoms with E-state index in [4.69, 9.17) is 9.72 Å². The number of imidazole rings is 1. The van der Waals surface area contributed by atoms with E-state index in [2.05, 4.69) is 0 Å². The Bertz CT molecular complexity index is 806. The van der Waals surface area contributed by atoms with E-state index in [1.807, 2.05) is 60.8 Å². The number of nitrogens with zero attached hydrogens (tertiary/aromatic N) is 2.